The summed E-state index contributed by atoms with van der Waals surface area (Å²) in [7, 11) is -3.99. The third-order valence-electron chi connectivity index (χ3n) is 6.33. The maximum atomic E-state index is 13.7. The van der Waals surface area contributed by atoms with E-state index in [-0.39, 0.29) is 17.3 Å². The monoisotopic (exact) mass is 570 g/mol. The average molecular weight is 571 g/mol. The fraction of sp³-hybridized carbons (Fsp3) is 0.222. The van der Waals surface area contributed by atoms with Crippen LogP contribution in [-0.2, 0) is 21.4 Å². The number of aromatic nitrogens is 2. The van der Waals surface area contributed by atoms with Gasteiger partial charge in [-0.3, -0.25) is 4.79 Å². The minimum atomic E-state index is -3.99. The highest BCUT2D eigenvalue weighted by atomic mass is 35.5. The second-order valence-corrected chi connectivity index (χ2v) is 11.7. The zero-order valence-electron chi connectivity index (χ0n) is 20.2. The minimum Gasteiger partial charge on any atom is -0.416 e. The summed E-state index contributed by atoms with van der Waals surface area (Å²) in [6.45, 7) is 0.546. The molecule has 0 radical (unpaired) electrons. The summed E-state index contributed by atoms with van der Waals surface area (Å²) < 4.78 is 34.5. The quantitative estimate of drug-likeness (QED) is 0.311. The van der Waals surface area contributed by atoms with E-state index in [1.165, 1.54) is 28.6 Å². The van der Waals surface area contributed by atoms with Crippen LogP contribution in [0, 0.1) is 0 Å². The second kappa shape index (κ2) is 11.2. The first-order valence-corrected chi connectivity index (χ1v) is 14.2. The summed E-state index contributed by atoms with van der Waals surface area (Å²) in [5.74, 6) is 0.396. The van der Waals surface area contributed by atoms with Crippen LogP contribution in [-0.4, -0.2) is 41.4 Å². The largest absolute Gasteiger partial charge is 0.416 e. The van der Waals surface area contributed by atoms with Crippen LogP contribution in [0.15, 0.2) is 82.1 Å². The summed E-state index contributed by atoms with van der Waals surface area (Å²) in [5, 5.41) is 12.1. The number of carbonyl (C=O) groups is 1. The van der Waals surface area contributed by atoms with E-state index in [0.29, 0.717) is 45.9 Å². The summed E-state index contributed by atoms with van der Waals surface area (Å²) in [5.41, 5.74) is 2.14. The van der Waals surface area contributed by atoms with Crippen LogP contribution < -0.4 is 5.32 Å². The molecule has 1 amide bonds. The maximum absolute atomic E-state index is 13.7. The summed E-state index contributed by atoms with van der Waals surface area (Å²) in [4.78, 5) is 13.0. The van der Waals surface area contributed by atoms with Crippen LogP contribution in [0.1, 0.15) is 24.8 Å². The van der Waals surface area contributed by atoms with Gasteiger partial charge in [-0.05, 0) is 85.5 Å². The molecule has 1 N–H and O–H groups in total. The third kappa shape index (κ3) is 5.76. The highest BCUT2D eigenvalue weighted by Crippen LogP contribution is 2.28. The van der Waals surface area contributed by atoms with E-state index >= 15 is 0 Å². The molecule has 3 aromatic carbocycles. The van der Waals surface area contributed by atoms with E-state index in [2.05, 4.69) is 15.5 Å². The number of amides is 1. The maximum Gasteiger partial charge on any atom is 0.248 e. The minimum absolute atomic E-state index is 0.0170. The van der Waals surface area contributed by atoms with Crippen molar-refractivity contribution >= 4 is 39.1 Å². The first-order chi connectivity index (χ1) is 18.3. The van der Waals surface area contributed by atoms with Crippen molar-refractivity contribution in [1.82, 2.24) is 19.8 Å². The van der Waals surface area contributed by atoms with E-state index in [1.54, 1.807) is 48.5 Å². The highest BCUT2D eigenvalue weighted by molar-refractivity contribution is 7.89. The Morgan fingerprint density at radius 1 is 0.842 bits per heavy atom. The van der Waals surface area contributed by atoms with E-state index < -0.39 is 16.1 Å². The van der Waals surface area contributed by atoms with Crippen LogP contribution in [0.2, 0.25) is 10.0 Å². The number of hydrogen-bond donors (Lipinski definition) is 1. The van der Waals surface area contributed by atoms with Crippen molar-refractivity contribution in [3.05, 3.63) is 88.4 Å². The van der Waals surface area contributed by atoms with Gasteiger partial charge in [0, 0.05) is 34.3 Å². The van der Waals surface area contributed by atoms with Crippen molar-refractivity contribution < 1.29 is 17.6 Å². The number of nitrogens with zero attached hydrogens (tertiary/aromatic N) is 3. The fourth-order valence-corrected chi connectivity index (χ4v) is 6.14. The van der Waals surface area contributed by atoms with Gasteiger partial charge in [0.15, 0.2) is 0 Å². The molecule has 1 fully saturated rings. The molecule has 8 nitrogen and oxygen atoms in total. The van der Waals surface area contributed by atoms with Crippen LogP contribution in [0.3, 0.4) is 0 Å². The number of halogens is 2. The molecule has 0 spiro atoms. The van der Waals surface area contributed by atoms with E-state index in [9.17, 15) is 13.2 Å². The summed E-state index contributed by atoms with van der Waals surface area (Å²) in [6.07, 6.45) is 1.97. The fourth-order valence-electron chi connectivity index (χ4n) is 4.28. The van der Waals surface area contributed by atoms with Gasteiger partial charge in [-0.15, -0.1) is 10.2 Å². The van der Waals surface area contributed by atoms with Gasteiger partial charge in [-0.1, -0.05) is 35.3 Å². The van der Waals surface area contributed by atoms with Gasteiger partial charge in [0.05, 0.1) is 4.90 Å². The Morgan fingerprint density at radius 2 is 1.39 bits per heavy atom. The highest BCUT2D eigenvalue weighted by Gasteiger charge is 2.36. The van der Waals surface area contributed by atoms with Gasteiger partial charge < -0.3 is 9.73 Å². The molecule has 0 bridgehead atoms. The normalized spacial score (nSPS) is 16.3. The Morgan fingerprint density at radius 3 is 2.00 bits per heavy atom. The molecule has 1 aliphatic rings. The molecule has 38 heavy (non-hydrogen) atoms. The molecular weight excluding hydrogens is 547 g/mol. The number of benzene rings is 3. The Balaban J connectivity index is 1.42. The molecule has 5 rings (SSSR count). The van der Waals surface area contributed by atoms with Crippen molar-refractivity contribution in [3.8, 4) is 22.9 Å². The van der Waals surface area contributed by atoms with Crippen molar-refractivity contribution in [3.63, 3.8) is 0 Å². The van der Waals surface area contributed by atoms with Gasteiger partial charge in [-0.25, -0.2) is 8.42 Å². The smallest absolute Gasteiger partial charge is 0.248 e. The van der Waals surface area contributed by atoms with Crippen LogP contribution >= 0.6 is 23.2 Å². The molecule has 0 unspecified atom stereocenters. The van der Waals surface area contributed by atoms with Crippen molar-refractivity contribution in [2.24, 2.45) is 0 Å². The number of rotatable bonds is 7. The van der Waals surface area contributed by atoms with Crippen molar-refractivity contribution in [2.75, 3.05) is 6.54 Å². The van der Waals surface area contributed by atoms with Gasteiger partial charge in [0.25, 0.3) is 0 Å². The van der Waals surface area contributed by atoms with Crippen LogP contribution in [0.25, 0.3) is 22.9 Å². The van der Waals surface area contributed by atoms with Gasteiger partial charge in [0.1, 0.15) is 6.04 Å². The molecule has 4 aromatic rings. The molecule has 1 atom stereocenters. The molecule has 1 saturated heterocycles. The van der Waals surface area contributed by atoms with Gasteiger partial charge >= 0.3 is 0 Å². The molecule has 0 saturated carbocycles. The molecule has 196 valence electrons. The zero-order valence-corrected chi connectivity index (χ0v) is 22.5. The lowest BCUT2D eigenvalue weighted by molar-refractivity contribution is -0.124. The molecule has 1 aliphatic heterocycles. The molecule has 11 heteroatoms. The SMILES string of the molecule is O=C1NCCCC[C@H]1N(Cc1ccc(-c2nnc(-c3ccc(Cl)cc3)o2)cc1)S(=O)(=O)c1ccc(Cl)cc1. The first kappa shape index (κ1) is 26.4. The molecule has 2 heterocycles. The Hall–Kier alpha value is -3.24. The zero-order chi connectivity index (χ0) is 26.7. The van der Waals surface area contributed by atoms with Gasteiger partial charge in [0.2, 0.25) is 27.7 Å². The van der Waals surface area contributed by atoms with Crippen molar-refractivity contribution in [1.29, 1.82) is 0 Å². The predicted molar refractivity (Wildman–Crippen MR) is 145 cm³/mol. The van der Waals surface area contributed by atoms with Crippen LogP contribution in [0.5, 0.6) is 0 Å². The lowest BCUT2D eigenvalue weighted by Gasteiger charge is -2.29. The summed E-state index contributed by atoms with van der Waals surface area (Å²) in [6, 6.07) is 19.4. The Bertz CT molecular complexity index is 1520. The Labute approximate surface area is 230 Å². The Kier molecular flexibility index (Phi) is 7.80. The lowest BCUT2D eigenvalue weighted by Crippen LogP contribution is -2.48. The number of nitrogens with one attached hydrogen (secondary N) is 1. The standard InChI is InChI=1S/C27H24Cl2N4O4S/c28-21-10-8-20(9-11-21)27-32-31-26(37-27)19-6-4-18(5-7-19)17-33(24-3-1-2-16-30-25(24)34)38(35,36)23-14-12-22(29)13-15-23/h4-15,24H,1-3,16-17H2,(H,30,34)/t24-/m1/s1. The second-order valence-electron chi connectivity index (χ2n) is 8.92. The van der Waals surface area contributed by atoms with E-state index in [4.69, 9.17) is 27.6 Å². The number of hydrogen-bond acceptors (Lipinski definition) is 6. The van der Waals surface area contributed by atoms with E-state index in [1.807, 2.05) is 0 Å². The van der Waals surface area contributed by atoms with Gasteiger partial charge in [-0.2, -0.15) is 4.31 Å². The van der Waals surface area contributed by atoms with Crippen LogP contribution in [0.4, 0.5) is 0 Å². The molecule has 1 aromatic heterocycles. The predicted octanol–water partition coefficient (Wildman–Crippen LogP) is 5.57. The lowest BCUT2D eigenvalue weighted by atomic mass is 10.1. The first-order valence-electron chi connectivity index (χ1n) is 12.1. The van der Waals surface area contributed by atoms with E-state index in [0.717, 1.165) is 18.4 Å². The molecular formula is C27H24Cl2N4O4S. The van der Waals surface area contributed by atoms with Crippen molar-refractivity contribution in [2.45, 2.75) is 36.7 Å². The summed E-state index contributed by atoms with van der Waals surface area (Å²) >= 11 is 11.9. The topological polar surface area (TPSA) is 105 Å². The third-order valence-corrected chi connectivity index (χ3v) is 8.70. The number of carbonyl (C=O) groups excluding carboxylic acids is 1. The average Bonchev–Trinajstić information content (AvgIpc) is 3.31. The molecule has 0 aliphatic carbocycles. The number of sulfonamides is 1.